The summed E-state index contributed by atoms with van der Waals surface area (Å²) in [5.41, 5.74) is 0. The van der Waals surface area contributed by atoms with E-state index in [-0.39, 0.29) is 18.5 Å². The molecule has 0 heterocycles. The fourth-order valence-corrected chi connectivity index (χ4v) is 13.9. The van der Waals surface area contributed by atoms with Crippen molar-refractivity contribution in [2.24, 2.45) is 0 Å². The van der Waals surface area contributed by atoms with Gasteiger partial charge in [-0.3, -0.25) is 9.59 Å². The number of rotatable bonds is 83. The Bertz CT molecular complexity index is 1600. The monoisotopic (exact) mass is 1350 g/mol. The highest BCUT2D eigenvalue weighted by atomic mass is 16.5. The van der Waals surface area contributed by atoms with E-state index in [1.807, 2.05) is 6.08 Å². The predicted molar refractivity (Wildman–Crippen MR) is 426 cm³/mol. The van der Waals surface area contributed by atoms with Gasteiger partial charge in [0, 0.05) is 12.8 Å². The van der Waals surface area contributed by atoms with Gasteiger partial charge >= 0.3 is 5.97 Å². The molecule has 0 aliphatic heterocycles. The third kappa shape index (κ3) is 80.8. The van der Waals surface area contributed by atoms with Crippen LogP contribution in [-0.4, -0.2) is 47.4 Å². The lowest BCUT2D eigenvalue weighted by molar-refractivity contribution is -0.143. The molecule has 0 bridgehead atoms. The summed E-state index contributed by atoms with van der Waals surface area (Å²) >= 11 is 0. The van der Waals surface area contributed by atoms with Gasteiger partial charge in [-0.1, -0.05) is 435 Å². The van der Waals surface area contributed by atoms with Crippen LogP contribution in [0, 0.1) is 0 Å². The highest BCUT2D eigenvalue weighted by molar-refractivity contribution is 5.76. The minimum Gasteiger partial charge on any atom is -0.466 e. The van der Waals surface area contributed by atoms with E-state index < -0.39 is 12.1 Å². The molecule has 2 atom stereocenters. The average molecular weight is 1350 g/mol. The van der Waals surface area contributed by atoms with Crippen LogP contribution in [0.3, 0.4) is 0 Å². The van der Waals surface area contributed by atoms with E-state index in [9.17, 15) is 19.8 Å². The third-order valence-corrected chi connectivity index (χ3v) is 20.6. The maximum atomic E-state index is 12.6. The Morgan fingerprint density at radius 3 is 0.802 bits per heavy atom. The molecule has 0 aliphatic carbocycles. The highest BCUT2D eigenvalue weighted by Crippen LogP contribution is 2.20. The number of nitrogens with one attached hydrogen (secondary N) is 1. The first kappa shape index (κ1) is 93.8. The van der Waals surface area contributed by atoms with Crippen LogP contribution >= 0.6 is 0 Å². The van der Waals surface area contributed by atoms with Gasteiger partial charge in [-0.25, -0.2) is 0 Å². The van der Waals surface area contributed by atoms with Crippen LogP contribution in [0.4, 0.5) is 0 Å². The van der Waals surface area contributed by atoms with Crippen molar-refractivity contribution in [3.05, 3.63) is 48.6 Å². The van der Waals surface area contributed by atoms with Crippen LogP contribution < -0.4 is 5.32 Å². The van der Waals surface area contributed by atoms with E-state index in [1.54, 1.807) is 6.08 Å². The van der Waals surface area contributed by atoms with Crippen LogP contribution in [0.25, 0.3) is 0 Å². The molecule has 0 spiro atoms. The van der Waals surface area contributed by atoms with Crippen molar-refractivity contribution in [2.75, 3.05) is 13.2 Å². The molecule has 0 fully saturated rings. The molecule has 0 aliphatic rings. The number of allylic oxidation sites excluding steroid dienone is 7. The SMILES string of the molecule is CCCCCCCCC/C=C\CCCCCCCCCC(=O)OCCCCCCCCCCCCCCCCC/C=C\C/C=C\CCCCCCCCCCCCCCCCCCCC(=O)NC(CO)C(O)/C=C/CCCCCCCCCCCCCCCCCCCCCC. The van der Waals surface area contributed by atoms with Crippen molar-refractivity contribution in [1.82, 2.24) is 5.32 Å². The van der Waals surface area contributed by atoms with Gasteiger partial charge in [-0.15, -0.1) is 0 Å². The van der Waals surface area contributed by atoms with Crippen LogP contribution in [0.2, 0.25) is 0 Å². The molecule has 0 aromatic carbocycles. The van der Waals surface area contributed by atoms with Gasteiger partial charge in [-0.2, -0.15) is 0 Å². The molecule has 0 saturated carbocycles. The molecule has 0 saturated heterocycles. The molecule has 0 aromatic rings. The van der Waals surface area contributed by atoms with E-state index in [1.165, 1.54) is 411 Å². The molecule has 2 unspecified atom stereocenters. The van der Waals surface area contributed by atoms with E-state index in [4.69, 9.17) is 4.74 Å². The Morgan fingerprint density at radius 1 is 0.292 bits per heavy atom. The first-order valence-corrected chi connectivity index (χ1v) is 43.9. The number of carbonyl (C=O) groups is 2. The number of hydrogen-bond donors (Lipinski definition) is 3. The molecular weight excluding hydrogens is 1170 g/mol. The molecule has 3 N–H and O–H groups in total. The minimum absolute atomic E-state index is 0.0180. The molecule has 1 amide bonds. The zero-order chi connectivity index (χ0) is 69.1. The summed E-state index contributed by atoms with van der Waals surface area (Å²) in [7, 11) is 0. The number of hydrogen-bond acceptors (Lipinski definition) is 5. The van der Waals surface area contributed by atoms with Gasteiger partial charge < -0.3 is 20.3 Å². The molecule has 566 valence electrons. The van der Waals surface area contributed by atoms with Gasteiger partial charge in [0.05, 0.1) is 25.4 Å². The zero-order valence-corrected chi connectivity index (χ0v) is 65.1. The second-order valence-corrected chi connectivity index (χ2v) is 30.2. The molecule has 96 heavy (non-hydrogen) atoms. The van der Waals surface area contributed by atoms with Crippen molar-refractivity contribution in [3.63, 3.8) is 0 Å². The number of amides is 1. The van der Waals surface area contributed by atoms with Crippen molar-refractivity contribution < 1.29 is 24.5 Å². The normalized spacial score (nSPS) is 12.7. The summed E-state index contributed by atoms with van der Waals surface area (Å²) in [6, 6.07) is -0.627. The largest absolute Gasteiger partial charge is 0.466 e. The molecule has 6 heteroatoms. The number of aliphatic hydroxyl groups is 2. The van der Waals surface area contributed by atoms with Crippen molar-refractivity contribution >= 4 is 11.9 Å². The van der Waals surface area contributed by atoms with E-state index >= 15 is 0 Å². The lowest BCUT2D eigenvalue weighted by atomic mass is 10.0. The lowest BCUT2D eigenvalue weighted by Gasteiger charge is -2.20. The summed E-state index contributed by atoms with van der Waals surface area (Å²) in [6.45, 7) is 4.96. The van der Waals surface area contributed by atoms with E-state index in [0.717, 1.165) is 51.4 Å². The Kier molecular flexibility index (Phi) is 83.3. The Labute approximate surface area is 601 Å². The highest BCUT2D eigenvalue weighted by Gasteiger charge is 2.18. The Morgan fingerprint density at radius 2 is 0.521 bits per heavy atom. The second kappa shape index (κ2) is 85.2. The average Bonchev–Trinajstić information content (AvgIpc) is 2.36. The van der Waals surface area contributed by atoms with Crippen LogP contribution in [-0.2, 0) is 14.3 Å². The summed E-state index contributed by atoms with van der Waals surface area (Å²) in [5, 5.41) is 23.3. The molecule has 0 rings (SSSR count). The number of aliphatic hydroxyl groups excluding tert-OH is 2. The van der Waals surface area contributed by atoms with E-state index in [2.05, 4.69) is 55.6 Å². The van der Waals surface area contributed by atoms with Gasteiger partial charge in [0.2, 0.25) is 5.91 Å². The zero-order valence-electron chi connectivity index (χ0n) is 65.1. The number of ether oxygens (including phenoxy) is 1. The van der Waals surface area contributed by atoms with Crippen LogP contribution in [0.5, 0.6) is 0 Å². The second-order valence-electron chi connectivity index (χ2n) is 30.2. The first-order valence-electron chi connectivity index (χ1n) is 43.9. The Hall–Kier alpha value is -2.18. The smallest absolute Gasteiger partial charge is 0.305 e. The van der Waals surface area contributed by atoms with Gasteiger partial charge in [0.1, 0.15) is 0 Å². The minimum atomic E-state index is -0.844. The number of unbranched alkanes of at least 4 members (excludes halogenated alkanes) is 66. The van der Waals surface area contributed by atoms with Crippen molar-refractivity contribution in [3.8, 4) is 0 Å². The van der Waals surface area contributed by atoms with Crippen molar-refractivity contribution in [2.45, 2.75) is 501 Å². The molecule has 6 nitrogen and oxygen atoms in total. The molecule has 0 radical (unpaired) electrons. The topological polar surface area (TPSA) is 95.9 Å². The maximum absolute atomic E-state index is 12.6. The van der Waals surface area contributed by atoms with Crippen LogP contribution in [0.15, 0.2) is 48.6 Å². The molecular formula is C90H171NO5. The van der Waals surface area contributed by atoms with E-state index in [0.29, 0.717) is 19.4 Å². The van der Waals surface area contributed by atoms with Gasteiger partial charge in [0.25, 0.3) is 0 Å². The lowest BCUT2D eigenvalue weighted by Crippen LogP contribution is -2.45. The number of carbonyl (C=O) groups excluding carboxylic acids is 2. The summed E-state index contributed by atoms with van der Waals surface area (Å²) in [5.74, 6) is -0.0420. The summed E-state index contributed by atoms with van der Waals surface area (Å²) < 4.78 is 5.52. The van der Waals surface area contributed by atoms with Gasteiger partial charge in [0.15, 0.2) is 0 Å². The quantitative estimate of drug-likeness (QED) is 0.0320. The standard InChI is InChI=1S/C90H171NO5/c1-3-5-7-9-11-13-15-17-19-21-23-24-44-47-50-54-58-62-66-70-74-78-82-88(93)87(86-92)91-89(94)83-79-75-71-67-63-59-55-51-48-45-42-40-38-36-34-32-30-28-26-25-27-29-31-33-35-37-39-41-43-46-49-53-57-61-65-69-73-77-81-85-96-90(95)84-80-76-72-68-64-60-56-52-22-20-18-16-14-12-10-8-6-4-2/h20,22,25-26,29,31,78,82,87-88,92-93H,3-19,21,23-24,27-28,30,32-77,79-81,83-86H2,1-2H3,(H,91,94)/b22-20-,26-25-,31-29-,82-78+. The van der Waals surface area contributed by atoms with Gasteiger partial charge in [-0.05, 0) is 89.9 Å². The third-order valence-electron chi connectivity index (χ3n) is 20.6. The van der Waals surface area contributed by atoms with Crippen molar-refractivity contribution in [1.29, 1.82) is 0 Å². The fraction of sp³-hybridized carbons (Fsp3) is 0.889. The number of esters is 1. The van der Waals surface area contributed by atoms with Crippen LogP contribution in [0.1, 0.15) is 489 Å². The summed E-state index contributed by atoms with van der Waals surface area (Å²) in [6.07, 6.45) is 114. The fourth-order valence-electron chi connectivity index (χ4n) is 13.9. The predicted octanol–water partition coefficient (Wildman–Crippen LogP) is 29.5. The maximum Gasteiger partial charge on any atom is 0.305 e. The first-order chi connectivity index (χ1) is 47.5. The molecule has 0 aromatic heterocycles. The Balaban J connectivity index is 3.37. The summed E-state index contributed by atoms with van der Waals surface area (Å²) in [4.78, 5) is 24.7.